The van der Waals surface area contributed by atoms with E-state index in [9.17, 15) is 0 Å². The lowest BCUT2D eigenvalue weighted by atomic mass is 10.1. The van der Waals surface area contributed by atoms with Gasteiger partial charge < -0.3 is 0 Å². The molecular weight excluding hydrogens is 290 g/mol. The third-order valence-corrected chi connectivity index (χ3v) is 4.74. The highest BCUT2D eigenvalue weighted by Gasteiger charge is 2.02. The van der Waals surface area contributed by atoms with Crippen molar-refractivity contribution in [1.29, 1.82) is 0 Å². The van der Waals surface area contributed by atoms with E-state index >= 15 is 0 Å². The summed E-state index contributed by atoms with van der Waals surface area (Å²) in [5.74, 6) is 1.13. The lowest BCUT2D eigenvalue weighted by Gasteiger charge is -2.06. The summed E-state index contributed by atoms with van der Waals surface area (Å²) in [4.78, 5) is 4.74. The highest BCUT2D eigenvalue weighted by atomic mass is 32.2. The number of hydrogen-bond acceptors (Lipinski definition) is 3. The molecule has 114 valence electrons. The van der Waals surface area contributed by atoms with E-state index in [0.717, 1.165) is 22.8 Å². The van der Waals surface area contributed by atoms with Gasteiger partial charge in [-0.15, -0.1) is 11.8 Å². The minimum atomic E-state index is 1.02. The molecule has 0 amide bonds. The van der Waals surface area contributed by atoms with Crippen molar-refractivity contribution in [3.8, 4) is 0 Å². The Hall–Kier alpha value is -1.81. The van der Waals surface area contributed by atoms with E-state index in [1.165, 1.54) is 30.2 Å². The SMILES string of the molecule is Cc1cc(SCCCCCn2cccn2)nc2ccccc12. The number of aryl methyl sites for hydroxylation is 2. The molecule has 1 aromatic carbocycles. The molecule has 0 fully saturated rings. The van der Waals surface area contributed by atoms with Gasteiger partial charge in [-0.1, -0.05) is 24.6 Å². The van der Waals surface area contributed by atoms with Crippen molar-refractivity contribution in [1.82, 2.24) is 14.8 Å². The maximum atomic E-state index is 4.74. The number of pyridine rings is 1. The summed E-state index contributed by atoms with van der Waals surface area (Å²) in [6.07, 6.45) is 7.51. The van der Waals surface area contributed by atoms with Crippen molar-refractivity contribution in [2.75, 3.05) is 5.75 Å². The van der Waals surface area contributed by atoms with Crippen LogP contribution < -0.4 is 0 Å². The fourth-order valence-corrected chi connectivity index (χ4v) is 3.54. The van der Waals surface area contributed by atoms with E-state index in [1.54, 1.807) is 0 Å². The van der Waals surface area contributed by atoms with Gasteiger partial charge >= 0.3 is 0 Å². The number of para-hydroxylation sites is 1. The highest BCUT2D eigenvalue weighted by molar-refractivity contribution is 7.99. The Morgan fingerprint density at radius 3 is 2.86 bits per heavy atom. The number of unbranched alkanes of at least 4 members (excludes halogenated alkanes) is 2. The van der Waals surface area contributed by atoms with E-state index in [-0.39, 0.29) is 0 Å². The number of rotatable bonds is 7. The Morgan fingerprint density at radius 1 is 1.09 bits per heavy atom. The molecule has 0 N–H and O–H groups in total. The topological polar surface area (TPSA) is 30.7 Å². The van der Waals surface area contributed by atoms with Crippen LogP contribution in [-0.2, 0) is 6.54 Å². The van der Waals surface area contributed by atoms with E-state index < -0.39 is 0 Å². The largest absolute Gasteiger partial charge is 0.273 e. The molecule has 22 heavy (non-hydrogen) atoms. The molecule has 0 aliphatic rings. The van der Waals surface area contributed by atoms with Crippen molar-refractivity contribution >= 4 is 22.7 Å². The summed E-state index contributed by atoms with van der Waals surface area (Å²) >= 11 is 1.86. The highest BCUT2D eigenvalue weighted by Crippen LogP contribution is 2.24. The Bertz CT molecular complexity index is 722. The number of benzene rings is 1. The van der Waals surface area contributed by atoms with Gasteiger partial charge in [0.1, 0.15) is 0 Å². The standard InChI is InChI=1S/C18H21N3S/c1-15-14-18(20-17-9-4-3-8-16(15)17)22-13-6-2-5-11-21-12-7-10-19-21/h3-4,7-10,12,14H,2,5-6,11,13H2,1H3. The van der Waals surface area contributed by atoms with Crippen LogP contribution in [0.25, 0.3) is 10.9 Å². The number of hydrogen-bond donors (Lipinski definition) is 0. The summed E-state index contributed by atoms with van der Waals surface area (Å²) in [6.45, 7) is 3.18. The van der Waals surface area contributed by atoms with Gasteiger partial charge in [0.2, 0.25) is 0 Å². The van der Waals surface area contributed by atoms with E-state index in [2.05, 4.69) is 42.4 Å². The number of nitrogens with zero attached hydrogens (tertiary/aromatic N) is 3. The Morgan fingerprint density at radius 2 is 2.00 bits per heavy atom. The second-order valence-electron chi connectivity index (χ2n) is 5.47. The van der Waals surface area contributed by atoms with Gasteiger partial charge in [-0.25, -0.2) is 4.98 Å². The molecule has 3 aromatic rings. The van der Waals surface area contributed by atoms with Crippen LogP contribution in [0, 0.1) is 6.92 Å². The Balaban J connectivity index is 1.45. The van der Waals surface area contributed by atoms with Crippen molar-refractivity contribution in [3.05, 3.63) is 54.4 Å². The molecule has 3 rings (SSSR count). The van der Waals surface area contributed by atoms with Crippen molar-refractivity contribution in [2.24, 2.45) is 0 Å². The van der Waals surface area contributed by atoms with Crippen LogP contribution >= 0.6 is 11.8 Å². The van der Waals surface area contributed by atoms with Crippen molar-refractivity contribution in [3.63, 3.8) is 0 Å². The summed E-state index contributed by atoms with van der Waals surface area (Å²) in [7, 11) is 0. The maximum absolute atomic E-state index is 4.74. The minimum Gasteiger partial charge on any atom is -0.273 e. The first-order valence-corrected chi connectivity index (χ1v) is 8.78. The summed E-state index contributed by atoms with van der Waals surface area (Å²) in [6, 6.07) is 12.5. The lowest BCUT2D eigenvalue weighted by Crippen LogP contribution is -1.98. The van der Waals surface area contributed by atoms with E-state index in [4.69, 9.17) is 4.98 Å². The first kappa shape index (κ1) is 15.1. The molecule has 0 bridgehead atoms. The third-order valence-electron chi connectivity index (χ3n) is 3.74. The van der Waals surface area contributed by atoms with Gasteiger partial charge in [0.15, 0.2) is 0 Å². The monoisotopic (exact) mass is 311 g/mol. The number of fused-ring (bicyclic) bond motifs is 1. The molecule has 3 nitrogen and oxygen atoms in total. The van der Waals surface area contributed by atoms with Crippen LogP contribution in [0.4, 0.5) is 0 Å². The van der Waals surface area contributed by atoms with Crippen LogP contribution in [0.3, 0.4) is 0 Å². The summed E-state index contributed by atoms with van der Waals surface area (Å²) in [5, 5.41) is 6.62. The Kier molecular flexibility index (Phi) is 5.11. The van der Waals surface area contributed by atoms with Crippen LogP contribution in [-0.4, -0.2) is 20.5 Å². The molecular formula is C18H21N3S. The molecule has 0 saturated heterocycles. The first-order valence-electron chi connectivity index (χ1n) is 7.79. The molecule has 2 heterocycles. The molecule has 4 heteroatoms. The lowest BCUT2D eigenvalue weighted by molar-refractivity contribution is 0.554. The normalized spacial score (nSPS) is 11.1. The third kappa shape index (κ3) is 3.89. The summed E-state index contributed by atoms with van der Waals surface area (Å²) < 4.78 is 2.00. The minimum absolute atomic E-state index is 1.02. The van der Waals surface area contributed by atoms with E-state index in [0.29, 0.717) is 0 Å². The van der Waals surface area contributed by atoms with Gasteiger partial charge in [0.25, 0.3) is 0 Å². The predicted molar refractivity (Wildman–Crippen MR) is 93.3 cm³/mol. The summed E-state index contributed by atoms with van der Waals surface area (Å²) in [5.41, 5.74) is 2.41. The molecule has 0 spiro atoms. The zero-order chi connectivity index (χ0) is 15.2. The number of aromatic nitrogens is 3. The van der Waals surface area contributed by atoms with Gasteiger partial charge in [-0.3, -0.25) is 4.68 Å². The van der Waals surface area contributed by atoms with Crippen LogP contribution in [0.5, 0.6) is 0 Å². The zero-order valence-electron chi connectivity index (χ0n) is 12.9. The van der Waals surface area contributed by atoms with Gasteiger partial charge in [-0.2, -0.15) is 5.10 Å². The molecule has 0 unspecified atom stereocenters. The van der Waals surface area contributed by atoms with Crippen LogP contribution in [0.1, 0.15) is 24.8 Å². The second-order valence-corrected chi connectivity index (χ2v) is 6.59. The van der Waals surface area contributed by atoms with Crippen LogP contribution in [0.2, 0.25) is 0 Å². The molecule has 0 aliphatic carbocycles. The van der Waals surface area contributed by atoms with Crippen molar-refractivity contribution in [2.45, 2.75) is 37.8 Å². The van der Waals surface area contributed by atoms with Gasteiger partial charge in [0.05, 0.1) is 10.5 Å². The number of thioether (sulfide) groups is 1. The van der Waals surface area contributed by atoms with Gasteiger partial charge in [-0.05, 0) is 49.3 Å². The fraction of sp³-hybridized carbons (Fsp3) is 0.333. The fourth-order valence-electron chi connectivity index (χ4n) is 2.55. The Labute approximate surface area is 135 Å². The molecule has 0 radical (unpaired) electrons. The van der Waals surface area contributed by atoms with E-state index in [1.807, 2.05) is 34.9 Å². The predicted octanol–water partition coefficient (Wildman–Crippen LogP) is 4.70. The molecule has 2 aromatic heterocycles. The quantitative estimate of drug-likeness (QED) is 0.468. The average molecular weight is 311 g/mol. The molecule has 0 atom stereocenters. The van der Waals surface area contributed by atoms with Crippen LogP contribution in [0.15, 0.2) is 53.8 Å². The van der Waals surface area contributed by atoms with Crippen molar-refractivity contribution < 1.29 is 0 Å². The smallest absolute Gasteiger partial charge is 0.0970 e. The average Bonchev–Trinajstić information content (AvgIpc) is 3.04. The molecule has 0 saturated carbocycles. The zero-order valence-corrected chi connectivity index (χ0v) is 13.7. The first-order chi connectivity index (χ1) is 10.8. The van der Waals surface area contributed by atoms with Gasteiger partial charge in [0, 0.05) is 24.3 Å². The molecule has 0 aliphatic heterocycles. The second kappa shape index (κ2) is 7.45. The maximum Gasteiger partial charge on any atom is 0.0970 e.